The van der Waals surface area contributed by atoms with Crippen molar-refractivity contribution in [3.8, 4) is 0 Å². The summed E-state index contributed by atoms with van der Waals surface area (Å²) in [5.74, 6) is -0.903. The summed E-state index contributed by atoms with van der Waals surface area (Å²) in [5, 5.41) is 0. The van der Waals surface area contributed by atoms with Gasteiger partial charge < -0.3 is 14.2 Å². The van der Waals surface area contributed by atoms with Crippen LogP contribution in [0.15, 0.2) is 60.8 Å². The third-order valence-corrected chi connectivity index (χ3v) is 11.7. The number of unbranched alkanes of at least 4 members (excludes halogenated alkanes) is 28. The van der Waals surface area contributed by atoms with Crippen molar-refractivity contribution < 1.29 is 28.6 Å². The topological polar surface area (TPSA) is 78.9 Å². The molecule has 0 rings (SSSR count). The average Bonchev–Trinajstić information content (AvgIpc) is 3.29. The van der Waals surface area contributed by atoms with Crippen LogP contribution in [-0.4, -0.2) is 37.2 Å². The molecule has 0 N–H and O–H groups in total. The van der Waals surface area contributed by atoms with Crippen molar-refractivity contribution >= 4 is 17.9 Å². The summed E-state index contributed by atoms with van der Waals surface area (Å²) in [7, 11) is 0. The van der Waals surface area contributed by atoms with Gasteiger partial charge in [-0.3, -0.25) is 14.4 Å². The number of rotatable bonds is 49. The van der Waals surface area contributed by atoms with Gasteiger partial charge in [0, 0.05) is 19.3 Å². The van der Waals surface area contributed by atoms with Gasteiger partial charge in [0.1, 0.15) is 13.2 Å². The van der Waals surface area contributed by atoms with Crippen LogP contribution in [-0.2, 0) is 28.6 Å². The number of hydrogen-bond acceptors (Lipinski definition) is 6. The first-order valence-electron chi connectivity index (χ1n) is 27.3. The summed E-state index contributed by atoms with van der Waals surface area (Å²) in [4.78, 5) is 37.9. The molecular formula is C58H102O6. The van der Waals surface area contributed by atoms with Crippen LogP contribution in [0.4, 0.5) is 0 Å². The lowest BCUT2D eigenvalue weighted by Crippen LogP contribution is -2.30. The van der Waals surface area contributed by atoms with E-state index in [-0.39, 0.29) is 31.1 Å². The van der Waals surface area contributed by atoms with Crippen LogP contribution < -0.4 is 0 Å². The fraction of sp³-hybridized carbons (Fsp3) is 0.776. The van der Waals surface area contributed by atoms with Crippen LogP contribution in [0.25, 0.3) is 0 Å². The van der Waals surface area contributed by atoms with Gasteiger partial charge >= 0.3 is 17.9 Å². The molecule has 1 atom stereocenters. The molecule has 6 nitrogen and oxygen atoms in total. The number of allylic oxidation sites excluding steroid dienone is 10. The highest BCUT2D eigenvalue weighted by molar-refractivity contribution is 5.71. The van der Waals surface area contributed by atoms with Crippen molar-refractivity contribution in [1.29, 1.82) is 0 Å². The fourth-order valence-corrected chi connectivity index (χ4v) is 7.60. The first kappa shape index (κ1) is 61.1. The minimum Gasteiger partial charge on any atom is -0.462 e. The molecule has 0 radical (unpaired) electrons. The minimum atomic E-state index is -0.781. The Hall–Kier alpha value is -2.89. The van der Waals surface area contributed by atoms with E-state index in [1.54, 1.807) is 0 Å². The number of carbonyl (C=O) groups is 3. The number of esters is 3. The lowest BCUT2D eigenvalue weighted by Gasteiger charge is -2.18. The molecule has 0 heterocycles. The average molecular weight is 895 g/mol. The Morgan fingerprint density at radius 1 is 0.312 bits per heavy atom. The predicted octanol–water partition coefficient (Wildman–Crippen LogP) is 18.0. The van der Waals surface area contributed by atoms with E-state index in [2.05, 4.69) is 81.5 Å². The highest BCUT2D eigenvalue weighted by Gasteiger charge is 2.19. The third kappa shape index (κ3) is 50.1. The molecule has 1 unspecified atom stereocenters. The summed E-state index contributed by atoms with van der Waals surface area (Å²) >= 11 is 0. The molecule has 0 amide bonds. The van der Waals surface area contributed by atoms with E-state index in [0.717, 1.165) is 89.9 Å². The second kappa shape index (κ2) is 52.7. The zero-order chi connectivity index (χ0) is 46.5. The van der Waals surface area contributed by atoms with Gasteiger partial charge in [-0.15, -0.1) is 0 Å². The molecule has 0 saturated heterocycles. The lowest BCUT2D eigenvalue weighted by atomic mass is 10.1. The van der Waals surface area contributed by atoms with Gasteiger partial charge in [-0.1, -0.05) is 223 Å². The van der Waals surface area contributed by atoms with E-state index in [9.17, 15) is 14.4 Å². The zero-order valence-electron chi connectivity index (χ0n) is 42.3. The highest BCUT2D eigenvalue weighted by Crippen LogP contribution is 2.14. The van der Waals surface area contributed by atoms with E-state index >= 15 is 0 Å². The van der Waals surface area contributed by atoms with Gasteiger partial charge in [-0.05, 0) is 89.9 Å². The minimum absolute atomic E-state index is 0.0811. The molecule has 0 aliphatic heterocycles. The molecule has 0 spiro atoms. The van der Waals surface area contributed by atoms with Crippen molar-refractivity contribution in [2.45, 2.75) is 277 Å². The molecular weight excluding hydrogens is 793 g/mol. The summed E-state index contributed by atoms with van der Waals surface area (Å²) < 4.78 is 16.7. The van der Waals surface area contributed by atoms with Gasteiger partial charge in [0.2, 0.25) is 0 Å². The van der Waals surface area contributed by atoms with Gasteiger partial charge in [0.25, 0.3) is 0 Å². The molecule has 0 aliphatic carbocycles. The van der Waals surface area contributed by atoms with E-state index in [1.165, 1.54) is 141 Å². The molecule has 370 valence electrons. The number of carbonyl (C=O) groups excluding carboxylic acids is 3. The van der Waals surface area contributed by atoms with Crippen molar-refractivity contribution in [1.82, 2.24) is 0 Å². The molecule has 0 saturated carbocycles. The van der Waals surface area contributed by atoms with Gasteiger partial charge in [0.15, 0.2) is 6.10 Å². The molecule has 0 aromatic heterocycles. The SMILES string of the molecule is CCCCCC/C=C\C/C=C\CCCCCCCCCC(=O)OC(COC(=O)CCCCCCCCC)COC(=O)CCCCCCCC/C=C\C/C=C\C/C=C\CCCCCCC. The Balaban J connectivity index is 4.26. The van der Waals surface area contributed by atoms with Crippen molar-refractivity contribution in [3.63, 3.8) is 0 Å². The van der Waals surface area contributed by atoms with Gasteiger partial charge in [-0.2, -0.15) is 0 Å². The fourth-order valence-electron chi connectivity index (χ4n) is 7.60. The molecule has 6 heteroatoms. The number of hydrogen-bond donors (Lipinski definition) is 0. The first-order valence-corrected chi connectivity index (χ1v) is 27.3. The van der Waals surface area contributed by atoms with Crippen LogP contribution >= 0.6 is 0 Å². The Labute approximate surface area is 396 Å². The van der Waals surface area contributed by atoms with Gasteiger partial charge in [-0.25, -0.2) is 0 Å². The van der Waals surface area contributed by atoms with Crippen LogP contribution in [0.2, 0.25) is 0 Å². The van der Waals surface area contributed by atoms with E-state index < -0.39 is 6.10 Å². The Morgan fingerprint density at radius 3 is 0.891 bits per heavy atom. The van der Waals surface area contributed by atoms with Crippen molar-refractivity contribution in [2.24, 2.45) is 0 Å². The molecule has 64 heavy (non-hydrogen) atoms. The smallest absolute Gasteiger partial charge is 0.306 e. The lowest BCUT2D eigenvalue weighted by molar-refractivity contribution is -0.167. The maximum absolute atomic E-state index is 12.8. The Bertz CT molecular complexity index is 1170. The quantitative estimate of drug-likeness (QED) is 0.0262. The van der Waals surface area contributed by atoms with Crippen LogP contribution in [0.5, 0.6) is 0 Å². The number of ether oxygens (including phenoxy) is 3. The predicted molar refractivity (Wildman–Crippen MR) is 275 cm³/mol. The van der Waals surface area contributed by atoms with Crippen molar-refractivity contribution in [2.75, 3.05) is 13.2 Å². The molecule has 0 fully saturated rings. The summed E-state index contributed by atoms with van der Waals surface area (Å²) in [6.45, 7) is 6.56. The van der Waals surface area contributed by atoms with E-state index in [1.807, 2.05) is 0 Å². The molecule has 0 aliphatic rings. The standard InChI is InChI=1S/C58H102O6/c1-4-7-10-13-16-18-20-22-24-26-28-29-30-32-33-35-37-39-42-45-48-51-57(60)63-54-55(53-62-56(59)50-47-44-41-15-12-9-6-3)64-58(61)52-49-46-43-40-38-36-34-31-27-25-23-21-19-17-14-11-8-5-2/h19-22,25-28,30,32,55H,4-18,23-24,29,31,33-54H2,1-3H3/b21-19-,22-20-,27-25-,28-26-,32-30-. The zero-order valence-corrected chi connectivity index (χ0v) is 42.3. The highest BCUT2D eigenvalue weighted by atomic mass is 16.6. The van der Waals surface area contributed by atoms with Crippen molar-refractivity contribution in [3.05, 3.63) is 60.8 Å². The molecule has 0 aromatic carbocycles. The van der Waals surface area contributed by atoms with Crippen LogP contribution in [0.3, 0.4) is 0 Å². The van der Waals surface area contributed by atoms with Gasteiger partial charge in [0.05, 0.1) is 0 Å². The normalized spacial score (nSPS) is 12.5. The van der Waals surface area contributed by atoms with Crippen LogP contribution in [0, 0.1) is 0 Å². The Morgan fingerprint density at radius 2 is 0.562 bits per heavy atom. The summed E-state index contributed by atoms with van der Waals surface area (Å²) in [5.41, 5.74) is 0. The Kier molecular flexibility index (Phi) is 50.4. The largest absolute Gasteiger partial charge is 0.462 e. The van der Waals surface area contributed by atoms with E-state index in [4.69, 9.17) is 14.2 Å². The second-order valence-corrected chi connectivity index (χ2v) is 18.1. The molecule has 0 bridgehead atoms. The third-order valence-electron chi connectivity index (χ3n) is 11.7. The molecule has 0 aromatic rings. The maximum Gasteiger partial charge on any atom is 0.306 e. The second-order valence-electron chi connectivity index (χ2n) is 18.1. The van der Waals surface area contributed by atoms with Crippen LogP contribution in [0.1, 0.15) is 271 Å². The first-order chi connectivity index (χ1) is 31.5. The summed E-state index contributed by atoms with van der Waals surface area (Å²) in [6, 6.07) is 0. The monoisotopic (exact) mass is 895 g/mol. The summed E-state index contributed by atoms with van der Waals surface area (Å²) in [6.07, 6.45) is 65.1. The van der Waals surface area contributed by atoms with E-state index in [0.29, 0.717) is 19.3 Å². The maximum atomic E-state index is 12.8.